The minimum atomic E-state index is -3.78. The Morgan fingerprint density at radius 2 is 1.80 bits per heavy atom. The fourth-order valence-electron chi connectivity index (χ4n) is 1.36. The van der Waals surface area contributed by atoms with Crippen LogP contribution in [0.5, 0.6) is 0 Å². The van der Waals surface area contributed by atoms with Crippen LogP contribution in [0.25, 0.3) is 0 Å². The smallest absolute Gasteiger partial charge is 0.262 e. The molecule has 0 saturated heterocycles. The van der Waals surface area contributed by atoms with Crippen molar-refractivity contribution in [3.8, 4) is 0 Å². The van der Waals surface area contributed by atoms with E-state index in [1.54, 1.807) is 12.1 Å². The van der Waals surface area contributed by atoms with Gasteiger partial charge in [0, 0.05) is 5.33 Å². The van der Waals surface area contributed by atoms with E-state index in [9.17, 15) is 8.42 Å². The number of alkyl halides is 1. The molecule has 1 aromatic heterocycles. The van der Waals surface area contributed by atoms with Gasteiger partial charge in [-0.1, -0.05) is 51.3 Å². The van der Waals surface area contributed by atoms with Crippen LogP contribution in [-0.4, -0.2) is 18.4 Å². The Morgan fingerprint density at radius 1 is 1.15 bits per heavy atom. The van der Waals surface area contributed by atoms with Crippen LogP contribution in [0.2, 0.25) is 10.2 Å². The number of halogens is 3. The summed E-state index contributed by atoms with van der Waals surface area (Å²) in [6.07, 6.45) is 1.13. The number of rotatable bonds is 4. The number of hydrogen-bond acceptors (Lipinski definition) is 4. The standard InChI is InChI=1S/C11H8BrCl2N3O2S/c12-5-7-1-3-8(4-2-7)20(18,19)17-11-9(13)10(14)15-6-16-11/h1-4,6H,5H2,(H,15,16,17). The number of nitrogens with one attached hydrogen (secondary N) is 1. The van der Waals surface area contributed by atoms with E-state index >= 15 is 0 Å². The van der Waals surface area contributed by atoms with Crippen LogP contribution < -0.4 is 4.72 Å². The highest BCUT2D eigenvalue weighted by Crippen LogP contribution is 2.27. The lowest BCUT2D eigenvalue weighted by atomic mass is 10.2. The third-order valence-corrected chi connectivity index (χ3v) is 5.11. The molecule has 20 heavy (non-hydrogen) atoms. The second kappa shape index (κ2) is 6.26. The molecule has 1 N–H and O–H groups in total. The van der Waals surface area contributed by atoms with Gasteiger partial charge in [0.05, 0.1) is 4.90 Å². The van der Waals surface area contributed by atoms with Crippen LogP contribution in [0.4, 0.5) is 5.82 Å². The second-order valence-electron chi connectivity index (χ2n) is 3.71. The Labute approximate surface area is 134 Å². The second-order valence-corrected chi connectivity index (χ2v) is 6.69. The van der Waals surface area contributed by atoms with Gasteiger partial charge >= 0.3 is 0 Å². The van der Waals surface area contributed by atoms with Crippen LogP contribution in [0.3, 0.4) is 0 Å². The summed E-state index contributed by atoms with van der Waals surface area (Å²) in [7, 11) is -3.78. The largest absolute Gasteiger partial charge is 0.263 e. The van der Waals surface area contributed by atoms with Crippen LogP contribution in [0, 0.1) is 0 Å². The molecule has 1 heterocycles. The third kappa shape index (κ3) is 3.41. The number of sulfonamides is 1. The van der Waals surface area contributed by atoms with Crippen molar-refractivity contribution in [2.75, 3.05) is 4.72 Å². The summed E-state index contributed by atoms with van der Waals surface area (Å²) in [5.41, 5.74) is 0.965. The van der Waals surface area contributed by atoms with Gasteiger partial charge < -0.3 is 0 Å². The van der Waals surface area contributed by atoms with Gasteiger partial charge in [0.1, 0.15) is 11.3 Å². The quantitative estimate of drug-likeness (QED) is 0.634. The van der Waals surface area contributed by atoms with E-state index in [0.29, 0.717) is 5.33 Å². The minimum absolute atomic E-state index is 0.0194. The van der Waals surface area contributed by atoms with Crippen molar-refractivity contribution in [1.29, 1.82) is 0 Å². The highest BCUT2D eigenvalue weighted by atomic mass is 79.9. The first-order valence-electron chi connectivity index (χ1n) is 5.28. The summed E-state index contributed by atoms with van der Waals surface area (Å²) in [5, 5.41) is 0.581. The molecule has 106 valence electrons. The van der Waals surface area contributed by atoms with Crippen molar-refractivity contribution >= 4 is 55.0 Å². The van der Waals surface area contributed by atoms with E-state index in [1.807, 2.05) is 0 Å². The average Bonchev–Trinajstić information content (AvgIpc) is 2.44. The lowest BCUT2D eigenvalue weighted by Crippen LogP contribution is -2.14. The fraction of sp³-hybridized carbons (Fsp3) is 0.0909. The Kier molecular flexibility index (Phi) is 4.85. The Bertz CT molecular complexity index is 723. The number of hydrogen-bond donors (Lipinski definition) is 1. The molecule has 0 amide bonds. The fourth-order valence-corrected chi connectivity index (χ4v) is 3.09. The Balaban J connectivity index is 2.33. The van der Waals surface area contributed by atoms with E-state index in [4.69, 9.17) is 23.2 Å². The topological polar surface area (TPSA) is 72.0 Å². The predicted molar refractivity (Wildman–Crippen MR) is 81.9 cm³/mol. The monoisotopic (exact) mass is 395 g/mol. The molecule has 0 radical (unpaired) electrons. The maximum Gasteiger partial charge on any atom is 0.263 e. The van der Waals surface area contributed by atoms with Crippen LogP contribution in [-0.2, 0) is 15.4 Å². The number of anilines is 1. The normalized spacial score (nSPS) is 11.3. The number of benzene rings is 1. The highest BCUT2D eigenvalue weighted by molar-refractivity contribution is 9.08. The highest BCUT2D eigenvalue weighted by Gasteiger charge is 2.18. The van der Waals surface area contributed by atoms with E-state index in [-0.39, 0.29) is 20.9 Å². The first-order chi connectivity index (χ1) is 9.44. The summed E-state index contributed by atoms with van der Waals surface area (Å²) in [6, 6.07) is 6.40. The van der Waals surface area contributed by atoms with Crippen molar-refractivity contribution in [3.63, 3.8) is 0 Å². The first-order valence-corrected chi connectivity index (χ1v) is 8.64. The van der Waals surface area contributed by atoms with Gasteiger partial charge in [-0.05, 0) is 17.7 Å². The molecule has 9 heteroatoms. The number of aromatic nitrogens is 2. The molecule has 0 aliphatic carbocycles. The molecular formula is C11H8BrCl2N3O2S. The van der Waals surface area contributed by atoms with Crippen molar-refractivity contribution in [2.24, 2.45) is 0 Å². The third-order valence-electron chi connectivity index (χ3n) is 2.37. The van der Waals surface area contributed by atoms with Gasteiger partial charge in [-0.25, -0.2) is 18.4 Å². The van der Waals surface area contributed by atoms with E-state index < -0.39 is 10.0 Å². The Morgan fingerprint density at radius 3 is 2.40 bits per heavy atom. The average molecular weight is 397 g/mol. The van der Waals surface area contributed by atoms with Crippen molar-refractivity contribution < 1.29 is 8.42 Å². The van der Waals surface area contributed by atoms with Crippen LogP contribution in [0.15, 0.2) is 35.5 Å². The molecule has 0 fully saturated rings. The van der Waals surface area contributed by atoms with Crippen molar-refractivity contribution in [2.45, 2.75) is 10.2 Å². The summed E-state index contributed by atoms with van der Waals surface area (Å²) in [4.78, 5) is 7.51. The SMILES string of the molecule is O=S(=O)(Nc1ncnc(Cl)c1Cl)c1ccc(CBr)cc1. The van der Waals surface area contributed by atoms with E-state index in [2.05, 4.69) is 30.6 Å². The molecule has 0 atom stereocenters. The zero-order valence-corrected chi connectivity index (χ0v) is 13.8. The maximum atomic E-state index is 12.2. The van der Waals surface area contributed by atoms with Gasteiger partial charge in [0.15, 0.2) is 11.0 Å². The van der Waals surface area contributed by atoms with Crippen LogP contribution >= 0.6 is 39.1 Å². The summed E-state index contributed by atoms with van der Waals surface area (Å²) in [6.45, 7) is 0. The van der Waals surface area contributed by atoms with Crippen molar-refractivity contribution in [3.05, 3.63) is 46.3 Å². The Hall–Kier alpha value is -0.890. The molecule has 0 unspecified atom stereocenters. The van der Waals surface area contributed by atoms with Crippen molar-refractivity contribution in [1.82, 2.24) is 9.97 Å². The first kappa shape index (κ1) is 15.5. The summed E-state index contributed by atoms with van der Waals surface area (Å²) < 4.78 is 26.6. The molecule has 2 aromatic rings. The summed E-state index contributed by atoms with van der Waals surface area (Å²) in [5.74, 6) is -0.0590. The molecule has 1 aromatic carbocycles. The van der Waals surface area contributed by atoms with Gasteiger partial charge in [0.2, 0.25) is 0 Å². The predicted octanol–water partition coefficient (Wildman–Crippen LogP) is 3.48. The number of nitrogens with zero attached hydrogens (tertiary/aromatic N) is 2. The lowest BCUT2D eigenvalue weighted by molar-refractivity contribution is 0.601. The van der Waals surface area contributed by atoms with E-state index in [0.717, 1.165) is 11.9 Å². The molecule has 2 rings (SSSR count). The zero-order valence-electron chi connectivity index (χ0n) is 9.85. The van der Waals surface area contributed by atoms with Gasteiger partial charge in [0.25, 0.3) is 10.0 Å². The van der Waals surface area contributed by atoms with Gasteiger partial charge in [-0.15, -0.1) is 0 Å². The van der Waals surface area contributed by atoms with E-state index in [1.165, 1.54) is 12.1 Å². The molecule has 0 aliphatic rings. The minimum Gasteiger partial charge on any atom is -0.262 e. The molecule has 0 aliphatic heterocycles. The summed E-state index contributed by atoms with van der Waals surface area (Å²) >= 11 is 14.8. The molecular weight excluding hydrogens is 389 g/mol. The maximum absolute atomic E-state index is 12.2. The molecule has 5 nitrogen and oxygen atoms in total. The molecule has 0 spiro atoms. The molecule has 0 bridgehead atoms. The molecule has 0 saturated carbocycles. The van der Waals surface area contributed by atoms with Crippen LogP contribution in [0.1, 0.15) is 5.56 Å². The lowest BCUT2D eigenvalue weighted by Gasteiger charge is -2.09. The van der Waals surface area contributed by atoms with Gasteiger partial charge in [-0.2, -0.15) is 0 Å². The van der Waals surface area contributed by atoms with Gasteiger partial charge in [-0.3, -0.25) is 4.72 Å². The zero-order chi connectivity index (χ0) is 14.8.